The van der Waals surface area contributed by atoms with Crippen LogP contribution < -0.4 is 4.74 Å². The number of ether oxygens (including phenoxy) is 1. The van der Waals surface area contributed by atoms with Gasteiger partial charge in [-0.3, -0.25) is 4.68 Å². The minimum absolute atomic E-state index is 0.426. The van der Waals surface area contributed by atoms with E-state index in [0.29, 0.717) is 6.61 Å². The normalized spacial score (nSPS) is 12.5. The zero-order valence-corrected chi connectivity index (χ0v) is 12.2. The average molecular weight is 282 g/mol. The van der Waals surface area contributed by atoms with Gasteiger partial charge in [-0.2, -0.15) is 5.10 Å². The van der Waals surface area contributed by atoms with E-state index in [9.17, 15) is 5.11 Å². The fourth-order valence-electron chi connectivity index (χ4n) is 2.39. The van der Waals surface area contributed by atoms with Crippen LogP contribution in [0.15, 0.2) is 48.5 Å². The lowest BCUT2D eigenvalue weighted by atomic mass is 10.1. The van der Waals surface area contributed by atoms with Gasteiger partial charge in [0.15, 0.2) is 0 Å². The third-order valence-corrected chi connectivity index (χ3v) is 3.57. The van der Waals surface area contributed by atoms with E-state index in [2.05, 4.69) is 11.2 Å². The van der Waals surface area contributed by atoms with Crippen molar-refractivity contribution in [3.63, 3.8) is 0 Å². The van der Waals surface area contributed by atoms with Gasteiger partial charge in [0.05, 0.1) is 11.6 Å². The van der Waals surface area contributed by atoms with Crippen LogP contribution >= 0.6 is 0 Å². The molecule has 21 heavy (non-hydrogen) atoms. The average Bonchev–Trinajstić information content (AvgIpc) is 2.83. The number of fused-ring (bicyclic) bond motifs is 1. The van der Waals surface area contributed by atoms with Gasteiger partial charge in [0, 0.05) is 12.4 Å². The molecule has 4 nitrogen and oxygen atoms in total. The lowest BCUT2D eigenvalue weighted by Crippen LogP contribution is -1.98. The Morgan fingerprint density at radius 3 is 2.57 bits per heavy atom. The maximum atomic E-state index is 9.49. The minimum Gasteiger partial charge on any atom is -0.487 e. The summed E-state index contributed by atoms with van der Waals surface area (Å²) >= 11 is 0. The van der Waals surface area contributed by atoms with Gasteiger partial charge in [-0.05, 0) is 30.7 Å². The first-order valence-corrected chi connectivity index (χ1v) is 6.96. The Labute approximate surface area is 123 Å². The van der Waals surface area contributed by atoms with E-state index in [1.54, 1.807) is 6.92 Å². The molecule has 2 aromatic carbocycles. The van der Waals surface area contributed by atoms with Crippen molar-refractivity contribution in [3.05, 3.63) is 59.8 Å². The molecule has 1 N–H and O–H groups in total. The number of para-hydroxylation sites is 1. The van der Waals surface area contributed by atoms with Crippen molar-refractivity contribution in [1.82, 2.24) is 9.78 Å². The van der Waals surface area contributed by atoms with E-state index in [1.807, 2.05) is 54.2 Å². The number of aromatic nitrogens is 2. The van der Waals surface area contributed by atoms with Crippen LogP contribution in [0, 0.1) is 0 Å². The number of aryl methyl sites for hydroxylation is 1. The van der Waals surface area contributed by atoms with Crippen molar-refractivity contribution in [2.75, 3.05) is 0 Å². The molecule has 0 spiro atoms. The molecule has 1 heterocycles. The molecule has 0 fully saturated rings. The number of nitrogens with zero attached hydrogens (tertiary/aromatic N) is 2. The van der Waals surface area contributed by atoms with Gasteiger partial charge < -0.3 is 9.84 Å². The Balaban J connectivity index is 1.77. The monoisotopic (exact) mass is 282 g/mol. The van der Waals surface area contributed by atoms with Crippen LogP contribution in [0.25, 0.3) is 10.9 Å². The summed E-state index contributed by atoms with van der Waals surface area (Å²) in [5.74, 6) is 0.772. The van der Waals surface area contributed by atoms with Gasteiger partial charge in [0.1, 0.15) is 18.1 Å². The molecule has 108 valence electrons. The maximum Gasteiger partial charge on any atom is 0.133 e. The smallest absolute Gasteiger partial charge is 0.133 e. The zero-order chi connectivity index (χ0) is 14.8. The van der Waals surface area contributed by atoms with Crippen molar-refractivity contribution < 1.29 is 9.84 Å². The lowest BCUT2D eigenvalue weighted by Gasteiger charge is -2.07. The summed E-state index contributed by atoms with van der Waals surface area (Å²) in [5.41, 5.74) is 2.90. The lowest BCUT2D eigenvalue weighted by molar-refractivity contribution is 0.199. The number of hydrogen-bond acceptors (Lipinski definition) is 3. The Kier molecular flexibility index (Phi) is 3.62. The van der Waals surface area contributed by atoms with Gasteiger partial charge >= 0.3 is 0 Å². The molecule has 0 unspecified atom stereocenters. The van der Waals surface area contributed by atoms with Crippen LogP contribution in [-0.2, 0) is 13.7 Å². The zero-order valence-electron chi connectivity index (χ0n) is 12.2. The van der Waals surface area contributed by atoms with E-state index in [4.69, 9.17) is 4.74 Å². The molecule has 0 radical (unpaired) electrons. The van der Waals surface area contributed by atoms with Crippen molar-refractivity contribution in [1.29, 1.82) is 0 Å². The number of aliphatic hydroxyl groups is 1. The molecule has 1 aromatic heterocycles. The van der Waals surface area contributed by atoms with Crippen molar-refractivity contribution in [2.45, 2.75) is 19.6 Å². The Morgan fingerprint density at radius 2 is 1.86 bits per heavy atom. The second-order valence-corrected chi connectivity index (χ2v) is 5.12. The predicted octanol–water partition coefficient (Wildman–Crippen LogP) is 3.21. The van der Waals surface area contributed by atoms with E-state index >= 15 is 0 Å². The third-order valence-electron chi connectivity index (χ3n) is 3.57. The number of aliphatic hydroxyl groups excluding tert-OH is 1. The molecule has 3 aromatic rings. The molecular weight excluding hydrogens is 264 g/mol. The van der Waals surface area contributed by atoms with Crippen LogP contribution in [0.2, 0.25) is 0 Å². The van der Waals surface area contributed by atoms with Crippen LogP contribution in [0.1, 0.15) is 24.3 Å². The standard InChI is InChI=1S/C17H18N2O2/c1-12(20)13-7-9-14(10-8-13)21-11-16-15-5-3-4-6-17(15)19(2)18-16/h3-10,12,20H,11H2,1-2H3/t12-/m1/s1. The fourth-order valence-corrected chi connectivity index (χ4v) is 2.39. The number of hydrogen-bond donors (Lipinski definition) is 1. The van der Waals surface area contributed by atoms with E-state index < -0.39 is 6.10 Å². The summed E-state index contributed by atoms with van der Waals surface area (Å²) in [6.45, 7) is 2.17. The highest BCUT2D eigenvalue weighted by atomic mass is 16.5. The predicted molar refractivity (Wildman–Crippen MR) is 82.1 cm³/mol. The molecule has 0 bridgehead atoms. The summed E-state index contributed by atoms with van der Waals surface area (Å²) in [5, 5.41) is 15.1. The van der Waals surface area contributed by atoms with Crippen molar-refractivity contribution in [2.24, 2.45) is 7.05 Å². The fraction of sp³-hybridized carbons (Fsp3) is 0.235. The molecule has 0 saturated carbocycles. The van der Waals surface area contributed by atoms with Crippen LogP contribution in [-0.4, -0.2) is 14.9 Å². The summed E-state index contributed by atoms with van der Waals surface area (Å²) < 4.78 is 7.66. The van der Waals surface area contributed by atoms with Gasteiger partial charge in [0.2, 0.25) is 0 Å². The minimum atomic E-state index is -0.459. The number of rotatable bonds is 4. The summed E-state index contributed by atoms with van der Waals surface area (Å²) in [6, 6.07) is 15.6. The first-order valence-electron chi connectivity index (χ1n) is 6.96. The first-order chi connectivity index (χ1) is 10.1. The van der Waals surface area contributed by atoms with Crippen LogP contribution in [0.5, 0.6) is 5.75 Å². The molecule has 0 aliphatic heterocycles. The van der Waals surface area contributed by atoms with Crippen molar-refractivity contribution in [3.8, 4) is 5.75 Å². The topological polar surface area (TPSA) is 47.3 Å². The second kappa shape index (κ2) is 5.58. The maximum absolute atomic E-state index is 9.49. The van der Waals surface area contributed by atoms with Gasteiger partial charge in [-0.1, -0.05) is 30.3 Å². The summed E-state index contributed by atoms with van der Waals surface area (Å²) in [7, 11) is 1.93. The molecular formula is C17H18N2O2. The Morgan fingerprint density at radius 1 is 1.14 bits per heavy atom. The van der Waals surface area contributed by atoms with E-state index in [1.165, 1.54) is 0 Å². The second-order valence-electron chi connectivity index (χ2n) is 5.12. The highest BCUT2D eigenvalue weighted by Gasteiger charge is 2.08. The number of benzene rings is 2. The van der Waals surface area contributed by atoms with Gasteiger partial charge in [-0.25, -0.2) is 0 Å². The molecule has 4 heteroatoms. The van der Waals surface area contributed by atoms with E-state index in [-0.39, 0.29) is 0 Å². The first kappa shape index (κ1) is 13.6. The van der Waals surface area contributed by atoms with Gasteiger partial charge in [0.25, 0.3) is 0 Å². The van der Waals surface area contributed by atoms with Crippen molar-refractivity contribution >= 4 is 10.9 Å². The quantitative estimate of drug-likeness (QED) is 0.799. The molecule has 3 rings (SSSR count). The molecule has 0 aliphatic rings. The Bertz CT molecular complexity index is 745. The molecule has 0 aliphatic carbocycles. The summed E-state index contributed by atoms with van der Waals surface area (Å²) in [6.07, 6.45) is -0.459. The Hall–Kier alpha value is -2.33. The summed E-state index contributed by atoms with van der Waals surface area (Å²) in [4.78, 5) is 0. The molecule has 1 atom stereocenters. The van der Waals surface area contributed by atoms with Crippen LogP contribution in [0.3, 0.4) is 0 Å². The molecule has 0 amide bonds. The highest BCUT2D eigenvalue weighted by molar-refractivity contribution is 5.81. The van der Waals surface area contributed by atoms with Crippen LogP contribution in [0.4, 0.5) is 0 Å². The SMILES string of the molecule is C[C@@H](O)c1ccc(OCc2nn(C)c3ccccc23)cc1. The highest BCUT2D eigenvalue weighted by Crippen LogP contribution is 2.21. The third kappa shape index (κ3) is 2.76. The van der Waals surface area contributed by atoms with E-state index in [0.717, 1.165) is 27.9 Å². The molecule has 0 saturated heterocycles. The van der Waals surface area contributed by atoms with Gasteiger partial charge in [-0.15, -0.1) is 0 Å². The largest absolute Gasteiger partial charge is 0.487 e.